The number of thioether (sulfide) groups is 1. The molecule has 1 aliphatic heterocycles. The van der Waals surface area contributed by atoms with Crippen molar-refractivity contribution in [2.24, 2.45) is 5.92 Å². The van der Waals surface area contributed by atoms with Crippen LogP contribution in [0.15, 0.2) is 102 Å². The Hall–Kier alpha value is -4.88. The number of anilines is 1. The van der Waals surface area contributed by atoms with E-state index in [0.29, 0.717) is 22.2 Å². The smallest absolute Gasteiger partial charge is 0.228 e. The van der Waals surface area contributed by atoms with Crippen molar-refractivity contribution in [2.75, 3.05) is 11.1 Å². The number of amides is 1. The van der Waals surface area contributed by atoms with Crippen molar-refractivity contribution in [1.29, 1.82) is 0 Å². The number of nitrogens with one attached hydrogen (secondary N) is 1. The highest BCUT2D eigenvalue weighted by Gasteiger charge is 2.38. The fourth-order valence-corrected chi connectivity index (χ4v) is 6.54. The molecule has 48 heavy (non-hydrogen) atoms. The molecule has 12 heteroatoms. The van der Waals surface area contributed by atoms with Gasteiger partial charge in [-0.1, -0.05) is 79.3 Å². The van der Waals surface area contributed by atoms with Gasteiger partial charge in [0.1, 0.15) is 5.75 Å². The second-order valence-corrected chi connectivity index (χ2v) is 12.6. The predicted octanol–water partition coefficient (Wildman–Crippen LogP) is 5.83. The predicted molar refractivity (Wildman–Crippen MR) is 180 cm³/mol. The van der Waals surface area contributed by atoms with Gasteiger partial charge in [0.2, 0.25) is 11.1 Å². The third-order valence-corrected chi connectivity index (χ3v) is 9.21. The van der Waals surface area contributed by atoms with Gasteiger partial charge in [0.15, 0.2) is 12.1 Å². The van der Waals surface area contributed by atoms with Gasteiger partial charge in [0.25, 0.3) is 0 Å². The van der Waals surface area contributed by atoms with E-state index in [-0.39, 0.29) is 48.6 Å². The summed E-state index contributed by atoms with van der Waals surface area (Å²) in [4.78, 5) is 24.5. The van der Waals surface area contributed by atoms with Crippen molar-refractivity contribution in [3.05, 3.63) is 125 Å². The Balaban J connectivity index is 1.18. The maximum Gasteiger partial charge on any atom is 0.228 e. The Morgan fingerprint density at radius 3 is 2.33 bits per heavy atom. The number of hydrogen-bond donors (Lipinski definition) is 3. The van der Waals surface area contributed by atoms with Gasteiger partial charge in [-0.2, -0.15) is 4.68 Å². The lowest BCUT2D eigenvalue weighted by Gasteiger charge is -2.41. The summed E-state index contributed by atoms with van der Waals surface area (Å²) >= 11 is 1.46. The third kappa shape index (κ3) is 7.80. The van der Waals surface area contributed by atoms with Gasteiger partial charge < -0.3 is 25.0 Å². The quantitative estimate of drug-likeness (QED) is 0.116. The van der Waals surface area contributed by atoms with Crippen LogP contribution in [-0.2, 0) is 27.3 Å². The number of rotatable bonds is 11. The highest BCUT2D eigenvalue weighted by Crippen LogP contribution is 2.43. The van der Waals surface area contributed by atoms with Crippen LogP contribution < -0.4 is 5.32 Å². The Bertz CT molecular complexity index is 1860. The molecule has 0 radical (unpaired) electrons. The summed E-state index contributed by atoms with van der Waals surface area (Å²) in [5.41, 5.74) is 5.23. The van der Waals surface area contributed by atoms with Crippen molar-refractivity contribution in [1.82, 2.24) is 20.2 Å². The van der Waals surface area contributed by atoms with E-state index in [2.05, 4.69) is 27.8 Å². The average molecular weight is 666 g/mol. The summed E-state index contributed by atoms with van der Waals surface area (Å²) in [5.74, 6) is 0.384. The first-order chi connectivity index (χ1) is 23.3. The average Bonchev–Trinajstić information content (AvgIpc) is 3.57. The normalized spacial score (nSPS) is 19.1. The van der Waals surface area contributed by atoms with Crippen molar-refractivity contribution in [2.45, 2.75) is 50.5 Å². The lowest BCUT2D eigenvalue weighted by Crippen LogP contribution is -2.38. The molecule has 5 aromatic rings. The standard InChI is InChI=1S/C36H35N5O6S/c1-22-32(21-48-36-38-39-40-41(36)30-14-16-31(44)17-15-30)46-35(47-34(22)26-10-8-25(20-42)9-11-26)27-12-6-24(7-13-27)18-33(45)37-29-5-3-4-28(19-29)23(2)43/h3-17,19,22,32,34-35,42,44H,18,20-21H2,1-2H3,(H,37,45). The first-order valence-corrected chi connectivity index (χ1v) is 16.5. The number of benzene rings is 4. The number of aliphatic hydroxyl groups is 1. The zero-order valence-electron chi connectivity index (χ0n) is 26.4. The molecule has 0 bridgehead atoms. The molecule has 0 aliphatic carbocycles. The Kier molecular flexibility index (Phi) is 10.3. The van der Waals surface area contributed by atoms with E-state index in [9.17, 15) is 19.8 Å². The van der Waals surface area contributed by atoms with Crippen LogP contribution in [0.5, 0.6) is 5.75 Å². The van der Waals surface area contributed by atoms with Crippen molar-refractivity contribution in [3.8, 4) is 11.4 Å². The van der Waals surface area contributed by atoms with E-state index >= 15 is 0 Å². The molecule has 1 saturated heterocycles. The number of phenolic OH excluding ortho intramolecular Hbond substituents is 1. The molecule has 4 unspecified atom stereocenters. The molecule has 1 amide bonds. The fraction of sp³-hybridized carbons (Fsp3) is 0.250. The van der Waals surface area contributed by atoms with E-state index in [1.165, 1.54) is 18.7 Å². The lowest BCUT2D eigenvalue weighted by molar-refractivity contribution is -0.268. The topological polar surface area (TPSA) is 149 Å². The van der Waals surface area contributed by atoms with Crippen LogP contribution in [0, 0.1) is 5.92 Å². The van der Waals surface area contributed by atoms with Gasteiger partial charge in [0, 0.05) is 28.5 Å². The van der Waals surface area contributed by atoms with E-state index in [1.807, 2.05) is 48.5 Å². The van der Waals surface area contributed by atoms with Gasteiger partial charge in [-0.05, 0) is 70.4 Å². The van der Waals surface area contributed by atoms with E-state index < -0.39 is 6.29 Å². The number of hydrogen-bond acceptors (Lipinski definition) is 10. The molecule has 4 aromatic carbocycles. The Morgan fingerprint density at radius 1 is 0.917 bits per heavy atom. The van der Waals surface area contributed by atoms with E-state index in [0.717, 1.165) is 27.9 Å². The maximum atomic E-state index is 12.8. The van der Waals surface area contributed by atoms with Crippen LogP contribution >= 0.6 is 11.8 Å². The number of tetrazole rings is 1. The molecule has 0 saturated carbocycles. The molecule has 246 valence electrons. The molecular weight excluding hydrogens is 630 g/mol. The fourth-order valence-electron chi connectivity index (χ4n) is 5.49. The van der Waals surface area contributed by atoms with E-state index in [1.54, 1.807) is 53.2 Å². The number of ether oxygens (including phenoxy) is 2. The van der Waals surface area contributed by atoms with Gasteiger partial charge in [-0.25, -0.2) is 0 Å². The van der Waals surface area contributed by atoms with Crippen LogP contribution in [-0.4, -0.2) is 54.0 Å². The highest BCUT2D eigenvalue weighted by atomic mass is 32.2. The molecule has 11 nitrogen and oxygen atoms in total. The number of Topliss-reactive ketones (excluding diaryl/α,β-unsaturated/α-hetero) is 1. The first kappa shape index (κ1) is 33.0. The summed E-state index contributed by atoms with van der Waals surface area (Å²) in [6, 6.07) is 28.8. The molecule has 4 atom stereocenters. The highest BCUT2D eigenvalue weighted by molar-refractivity contribution is 7.99. The number of aromatic nitrogens is 4. The monoisotopic (exact) mass is 665 g/mol. The second kappa shape index (κ2) is 14.9. The van der Waals surface area contributed by atoms with Crippen LogP contribution in [0.3, 0.4) is 0 Å². The summed E-state index contributed by atoms with van der Waals surface area (Å²) in [5, 5.41) is 34.9. The largest absolute Gasteiger partial charge is 0.508 e. The second-order valence-electron chi connectivity index (χ2n) is 11.6. The number of ketones is 1. The summed E-state index contributed by atoms with van der Waals surface area (Å²) < 4.78 is 14.8. The van der Waals surface area contributed by atoms with Crippen LogP contribution in [0.25, 0.3) is 5.69 Å². The Morgan fingerprint density at radius 2 is 1.62 bits per heavy atom. The van der Waals surface area contributed by atoms with Crippen molar-refractivity contribution >= 4 is 29.1 Å². The van der Waals surface area contributed by atoms with E-state index in [4.69, 9.17) is 9.47 Å². The zero-order chi connectivity index (χ0) is 33.6. The molecule has 6 rings (SSSR count). The number of aliphatic hydroxyl groups excluding tert-OH is 1. The Labute approximate surface area is 281 Å². The lowest BCUT2D eigenvalue weighted by atomic mass is 9.91. The SMILES string of the molecule is CC(=O)c1cccc(NC(=O)Cc2ccc(C3OC(CSc4nnnn4-c4ccc(O)cc4)C(C)C(c4ccc(CO)cc4)O3)cc2)c1. The minimum atomic E-state index is -0.681. The van der Waals surface area contributed by atoms with Crippen molar-refractivity contribution < 1.29 is 29.3 Å². The molecule has 0 spiro atoms. The summed E-state index contributed by atoms with van der Waals surface area (Å²) in [6.07, 6.45) is -1.08. The van der Waals surface area contributed by atoms with Gasteiger partial charge in [-0.3, -0.25) is 9.59 Å². The minimum absolute atomic E-state index is 0.0444. The summed E-state index contributed by atoms with van der Waals surface area (Å²) in [6.45, 7) is 3.53. The molecule has 2 heterocycles. The molecule has 1 aromatic heterocycles. The molecular formula is C36H35N5O6S. The molecule has 1 fully saturated rings. The van der Waals surface area contributed by atoms with Gasteiger partial charge >= 0.3 is 0 Å². The molecule has 3 N–H and O–H groups in total. The number of phenols is 1. The number of aromatic hydroxyl groups is 1. The zero-order valence-corrected chi connectivity index (χ0v) is 27.2. The van der Waals surface area contributed by atoms with Crippen LogP contribution in [0.4, 0.5) is 5.69 Å². The third-order valence-electron chi connectivity index (χ3n) is 8.20. The van der Waals surface area contributed by atoms with Gasteiger partial charge in [-0.15, -0.1) is 5.10 Å². The number of nitrogens with zero attached hydrogens (tertiary/aromatic N) is 4. The number of carbonyl (C=O) groups excluding carboxylic acids is 2. The van der Waals surface area contributed by atoms with Crippen LogP contribution in [0.1, 0.15) is 58.9 Å². The number of carbonyl (C=O) groups is 2. The van der Waals surface area contributed by atoms with Crippen LogP contribution in [0.2, 0.25) is 0 Å². The van der Waals surface area contributed by atoms with Gasteiger partial charge in [0.05, 0.1) is 30.9 Å². The summed E-state index contributed by atoms with van der Waals surface area (Å²) in [7, 11) is 0. The minimum Gasteiger partial charge on any atom is -0.508 e. The maximum absolute atomic E-state index is 12.8. The van der Waals surface area contributed by atoms with Crippen molar-refractivity contribution in [3.63, 3.8) is 0 Å². The first-order valence-electron chi connectivity index (χ1n) is 15.5. The molecule has 1 aliphatic rings.